The fourth-order valence-corrected chi connectivity index (χ4v) is 1.92. The Morgan fingerprint density at radius 3 is 2.94 bits per heavy atom. The predicted octanol–water partition coefficient (Wildman–Crippen LogP) is 1.73. The summed E-state index contributed by atoms with van der Waals surface area (Å²) >= 11 is 0. The zero-order valence-electron chi connectivity index (χ0n) is 9.56. The number of nitrogens with one attached hydrogen (secondary N) is 1. The summed E-state index contributed by atoms with van der Waals surface area (Å²) in [5.41, 5.74) is 2.97. The lowest BCUT2D eigenvalue weighted by atomic mass is 10.3. The van der Waals surface area contributed by atoms with E-state index >= 15 is 0 Å². The van der Waals surface area contributed by atoms with Gasteiger partial charge in [-0.2, -0.15) is 5.10 Å². The molecule has 0 atom stereocenters. The van der Waals surface area contributed by atoms with E-state index in [-0.39, 0.29) is 0 Å². The Kier molecular flexibility index (Phi) is 2.05. The lowest BCUT2D eigenvalue weighted by Gasteiger charge is -2.06. The van der Waals surface area contributed by atoms with Crippen molar-refractivity contribution in [2.45, 2.75) is 39.3 Å². The normalized spacial score (nSPS) is 15.6. The molecule has 1 aliphatic rings. The Labute approximate surface area is 93.9 Å². The molecular weight excluding hydrogens is 202 g/mol. The van der Waals surface area contributed by atoms with Gasteiger partial charge in [-0.1, -0.05) is 0 Å². The van der Waals surface area contributed by atoms with Gasteiger partial charge in [-0.15, -0.1) is 0 Å². The topological polar surface area (TPSA) is 55.6 Å². The molecule has 5 heteroatoms. The molecule has 0 radical (unpaired) electrons. The quantitative estimate of drug-likeness (QED) is 0.850. The first-order valence-electron chi connectivity index (χ1n) is 5.74. The van der Waals surface area contributed by atoms with Crippen molar-refractivity contribution in [2.24, 2.45) is 0 Å². The summed E-state index contributed by atoms with van der Waals surface area (Å²) in [7, 11) is 0. The molecule has 16 heavy (non-hydrogen) atoms. The number of rotatable bonds is 3. The van der Waals surface area contributed by atoms with E-state index in [4.69, 9.17) is 0 Å². The first-order valence-corrected chi connectivity index (χ1v) is 5.74. The second kappa shape index (κ2) is 3.43. The van der Waals surface area contributed by atoms with Crippen LogP contribution in [0.2, 0.25) is 0 Å². The number of aryl methyl sites for hydroxylation is 2. The molecule has 2 heterocycles. The van der Waals surface area contributed by atoms with Gasteiger partial charge in [0, 0.05) is 12.6 Å². The fraction of sp³-hybridized carbons (Fsp3) is 0.545. The van der Waals surface area contributed by atoms with E-state index in [1.54, 1.807) is 6.33 Å². The monoisotopic (exact) mass is 217 g/mol. The van der Waals surface area contributed by atoms with Crippen LogP contribution in [0.25, 0.3) is 11.0 Å². The van der Waals surface area contributed by atoms with Crippen LogP contribution >= 0.6 is 0 Å². The molecule has 3 rings (SSSR count). The highest BCUT2D eigenvalue weighted by Gasteiger charge is 2.23. The molecule has 1 N–H and O–H groups in total. The van der Waals surface area contributed by atoms with E-state index in [1.807, 2.05) is 11.6 Å². The summed E-state index contributed by atoms with van der Waals surface area (Å²) in [6.45, 7) is 4.92. The van der Waals surface area contributed by atoms with Gasteiger partial charge in [0.15, 0.2) is 5.82 Å². The van der Waals surface area contributed by atoms with Crippen LogP contribution in [0.15, 0.2) is 6.33 Å². The van der Waals surface area contributed by atoms with Crippen molar-refractivity contribution in [3.63, 3.8) is 0 Å². The smallest absolute Gasteiger partial charge is 0.155 e. The Morgan fingerprint density at radius 1 is 1.44 bits per heavy atom. The summed E-state index contributed by atoms with van der Waals surface area (Å²) in [4.78, 5) is 8.63. The summed E-state index contributed by atoms with van der Waals surface area (Å²) < 4.78 is 1.97. The third-order valence-corrected chi connectivity index (χ3v) is 2.91. The van der Waals surface area contributed by atoms with Crippen molar-refractivity contribution < 1.29 is 0 Å². The van der Waals surface area contributed by atoms with E-state index in [0.29, 0.717) is 6.04 Å². The van der Waals surface area contributed by atoms with Crippen LogP contribution in [0.5, 0.6) is 0 Å². The number of fused-ring (bicyclic) bond motifs is 1. The van der Waals surface area contributed by atoms with Gasteiger partial charge in [0.25, 0.3) is 0 Å². The van der Waals surface area contributed by atoms with E-state index < -0.39 is 0 Å². The molecule has 2 aromatic heterocycles. The molecule has 0 saturated heterocycles. The average Bonchev–Trinajstić information content (AvgIpc) is 3.04. The SMILES string of the molecule is CCn1nc(C)c2ncnc(NC3CC3)c21. The largest absolute Gasteiger partial charge is 0.365 e. The van der Waals surface area contributed by atoms with Crippen molar-refractivity contribution in [3.8, 4) is 0 Å². The summed E-state index contributed by atoms with van der Waals surface area (Å²) in [6, 6.07) is 0.596. The van der Waals surface area contributed by atoms with E-state index in [1.165, 1.54) is 12.8 Å². The Bertz CT molecular complexity index is 526. The number of anilines is 1. The minimum Gasteiger partial charge on any atom is -0.365 e. The molecule has 0 aromatic carbocycles. The number of aromatic nitrogens is 4. The first kappa shape index (κ1) is 9.57. The van der Waals surface area contributed by atoms with Crippen molar-refractivity contribution >= 4 is 16.9 Å². The van der Waals surface area contributed by atoms with Crippen LogP contribution in [-0.4, -0.2) is 25.8 Å². The Morgan fingerprint density at radius 2 is 2.25 bits per heavy atom. The Hall–Kier alpha value is -1.65. The lowest BCUT2D eigenvalue weighted by molar-refractivity contribution is 0.675. The molecule has 2 aromatic rings. The van der Waals surface area contributed by atoms with Crippen molar-refractivity contribution in [2.75, 3.05) is 5.32 Å². The van der Waals surface area contributed by atoms with Gasteiger partial charge in [-0.3, -0.25) is 4.68 Å². The summed E-state index contributed by atoms with van der Waals surface area (Å²) in [5.74, 6) is 0.926. The van der Waals surface area contributed by atoms with Crippen LogP contribution in [0.3, 0.4) is 0 Å². The molecule has 0 spiro atoms. The minimum atomic E-state index is 0.596. The molecular formula is C11H15N5. The van der Waals surface area contributed by atoms with Gasteiger partial charge in [-0.05, 0) is 26.7 Å². The highest BCUT2D eigenvalue weighted by atomic mass is 15.3. The molecule has 1 fully saturated rings. The van der Waals surface area contributed by atoms with Gasteiger partial charge < -0.3 is 5.32 Å². The van der Waals surface area contributed by atoms with Gasteiger partial charge in [0.2, 0.25) is 0 Å². The van der Waals surface area contributed by atoms with E-state index in [2.05, 4.69) is 27.3 Å². The summed E-state index contributed by atoms with van der Waals surface area (Å²) in [5, 5.41) is 7.91. The molecule has 1 aliphatic carbocycles. The number of nitrogens with zero attached hydrogens (tertiary/aromatic N) is 4. The molecule has 84 valence electrons. The zero-order valence-corrected chi connectivity index (χ0v) is 9.56. The number of hydrogen-bond donors (Lipinski definition) is 1. The van der Waals surface area contributed by atoms with Gasteiger partial charge >= 0.3 is 0 Å². The maximum Gasteiger partial charge on any atom is 0.155 e. The molecule has 0 amide bonds. The van der Waals surface area contributed by atoms with Crippen molar-refractivity contribution in [1.29, 1.82) is 0 Å². The van der Waals surface area contributed by atoms with Crippen LogP contribution in [0.1, 0.15) is 25.5 Å². The average molecular weight is 217 g/mol. The standard InChI is InChI=1S/C11H15N5/c1-3-16-10-9(7(2)15-16)12-6-13-11(10)14-8-4-5-8/h6,8H,3-5H2,1-2H3,(H,12,13,14). The van der Waals surface area contributed by atoms with Crippen LogP contribution in [0.4, 0.5) is 5.82 Å². The lowest BCUT2D eigenvalue weighted by Crippen LogP contribution is -2.06. The van der Waals surface area contributed by atoms with Crippen LogP contribution < -0.4 is 5.32 Å². The van der Waals surface area contributed by atoms with Crippen molar-refractivity contribution in [3.05, 3.63) is 12.0 Å². The highest BCUT2D eigenvalue weighted by Crippen LogP contribution is 2.28. The van der Waals surface area contributed by atoms with Gasteiger partial charge in [-0.25, -0.2) is 9.97 Å². The molecule has 0 aliphatic heterocycles. The maximum absolute atomic E-state index is 4.47. The van der Waals surface area contributed by atoms with E-state index in [9.17, 15) is 0 Å². The highest BCUT2D eigenvalue weighted by molar-refractivity contribution is 5.87. The van der Waals surface area contributed by atoms with Crippen LogP contribution in [0, 0.1) is 6.92 Å². The van der Waals surface area contributed by atoms with E-state index in [0.717, 1.165) is 29.1 Å². The number of hydrogen-bond acceptors (Lipinski definition) is 4. The zero-order chi connectivity index (χ0) is 11.1. The minimum absolute atomic E-state index is 0.596. The fourth-order valence-electron chi connectivity index (χ4n) is 1.92. The predicted molar refractivity (Wildman–Crippen MR) is 62.4 cm³/mol. The molecule has 0 bridgehead atoms. The molecule has 1 saturated carbocycles. The second-order valence-corrected chi connectivity index (χ2v) is 4.24. The molecule has 5 nitrogen and oxygen atoms in total. The Balaban J connectivity index is 2.17. The van der Waals surface area contributed by atoms with Gasteiger partial charge in [0.05, 0.1) is 5.69 Å². The maximum atomic E-state index is 4.47. The first-order chi connectivity index (χ1) is 7.79. The van der Waals surface area contributed by atoms with Crippen LogP contribution in [-0.2, 0) is 6.54 Å². The van der Waals surface area contributed by atoms with Crippen molar-refractivity contribution in [1.82, 2.24) is 19.7 Å². The van der Waals surface area contributed by atoms with Gasteiger partial charge in [0.1, 0.15) is 17.4 Å². The molecule has 0 unspecified atom stereocenters. The summed E-state index contributed by atoms with van der Waals surface area (Å²) in [6.07, 6.45) is 4.09. The second-order valence-electron chi connectivity index (χ2n) is 4.24. The third kappa shape index (κ3) is 1.43. The third-order valence-electron chi connectivity index (χ3n) is 2.91.